The first kappa shape index (κ1) is 15.5. The van der Waals surface area contributed by atoms with Crippen LogP contribution in [0, 0.1) is 6.92 Å². The van der Waals surface area contributed by atoms with Crippen molar-refractivity contribution in [1.82, 2.24) is 4.98 Å². The highest BCUT2D eigenvalue weighted by Gasteiger charge is 2.33. The summed E-state index contributed by atoms with van der Waals surface area (Å²) in [5.74, 6) is -2.85. The fourth-order valence-corrected chi connectivity index (χ4v) is 2.47. The molecule has 1 aromatic heterocycles. The highest BCUT2D eigenvalue weighted by atomic mass is 19.3. The average molecular weight is 299 g/mol. The molecule has 0 atom stereocenters. The van der Waals surface area contributed by atoms with E-state index in [2.05, 4.69) is 4.98 Å². The van der Waals surface area contributed by atoms with Gasteiger partial charge in [-0.15, -0.1) is 0 Å². The summed E-state index contributed by atoms with van der Waals surface area (Å²) in [6.07, 6.45) is 1.39. The molecule has 0 unspecified atom stereocenters. The summed E-state index contributed by atoms with van der Waals surface area (Å²) < 4.78 is 31.7. The highest BCUT2D eigenvalue weighted by Crippen LogP contribution is 2.32. The lowest BCUT2D eigenvalue weighted by atomic mass is 10.1. The van der Waals surface area contributed by atoms with E-state index in [-0.39, 0.29) is 24.9 Å². The van der Waals surface area contributed by atoms with E-state index in [1.165, 1.54) is 13.3 Å². The zero-order valence-electron chi connectivity index (χ0n) is 12.2. The minimum absolute atomic E-state index is 0.146. The minimum atomic E-state index is -2.66. The standard InChI is InChI=1S/C14H19F2N3O2/c1-9-10(17)8-18-12(11(9)13(20)21-2)19-6-3-4-14(15,16)5-7-19/h8H,3-7,17H2,1-2H3. The third kappa shape index (κ3) is 3.22. The SMILES string of the molecule is COC(=O)c1c(N2CCCC(F)(F)CC2)ncc(N)c1C. The van der Waals surface area contributed by atoms with E-state index in [0.29, 0.717) is 30.0 Å². The van der Waals surface area contributed by atoms with E-state index in [0.717, 1.165) is 0 Å². The van der Waals surface area contributed by atoms with Crippen LogP contribution in [0.1, 0.15) is 35.2 Å². The lowest BCUT2D eigenvalue weighted by Gasteiger charge is -2.24. The normalized spacial score (nSPS) is 18.2. The number of hydrogen-bond donors (Lipinski definition) is 1. The van der Waals surface area contributed by atoms with Crippen LogP contribution in [-0.4, -0.2) is 37.1 Å². The molecule has 1 aliphatic rings. The van der Waals surface area contributed by atoms with Crippen molar-refractivity contribution >= 4 is 17.5 Å². The second-order valence-corrected chi connectivity index (χ2v) is 5.23. The molecule has 5 nitrogen and oxygen atoms in total. The molecule has 0 bridgehead atoms. The lowest BCUT2D eigenvalue weighted by Crippen LogP contribution is -2.29. The number of pyridine rings is 1. The van der Waals surface area contributed by atoms with E-state index in [1.807, 2.05) is 0 Å². The van der Waals surface area contributed by atoms with E-state index in [1.54, 1.807) is 11.8 Å². The van der Waals surface area contributed by atoms with Gasteiger partial charge in [0.15, 0.2) is 0 Å². The van der Waals surface area contributed by atoms with E-state index < -0.39 is 11.9 Å². The molecule has 116 valence electrons. The summed E-state index contributed by atoms with van der Waals surface area (Å²) in [5, 5.41) is 0. The van der Waals surface area contributed by atoms with Crippen molar-refractivity contribution in [3.8, 4) is 0 Å². The number of carbonyl (C=O) groups excluding carboxylic acids is 1. The van der Waals surface area contributed by atoms with Crippen molar-refractivity contribution in [3.63, 3.8) is 0 Å². The van der Waals surface area contributed by atoms with Gasteiger partial charge in [-0.1, -0.05) is 0 Å². The zero-order valence-corrected chi connectivity index (χ0v) is 12.2. The van der Waals surface area contributed by atoms with Crippen molar-refractivity contribution in [2.24, 2.45) is 0 Å². The van der Waals surface area contributed by atoms with E-state index in [9.17, 15) is 13.6 Å². The molecule has 0 amide bonds. The lowest BCUT2D eigenvalue weighted by molar-refractivity contribution is -0.0102. The largest absolute Gasteiger partial charge is 0.465 e. The Hall–Kier alpha value is -1.92. The minimum Gasteiger partial charge on any atom is -0.465 e. The van der Waals surface area contributed by atoms with Gasteiger partial charge in [0.05, 0.1) is 19.0 Å². The van der Waals surface area contributed by atoms with Crippen LogP contribution in [0.15, 0.2) is 6.20 Å². The number of esters is 1. The number of rotatable bonds is 2. The first-order chi connectivity index (χ1) is 9.85. The molecule has 2 N–H and O–H groups in total. The summed E-state index contributed by atoms with van der Waals surface area (Å²) >= 11 is 0. The van der Waals surface area contributed by atoms with Gasteiger partial charge >= 0.3 is 5.97 Å². The quantitative estimate of drug-likeness (QED) is 0.849. The predicted octanol–water partition coefficient (Wildman–Crippen LogP) is 2.38. The van der Waals surface area contributed by atoms with Gasteiger partial charge in [-0.25, -0.2) is 18.6 Å². The maximum Gasteiger partial charge on any atom is 0.341 e. The Morgan fingerprint density at radius 3 is 2.81 bits per heavy atom. The predicted molar refractivity (Wildman–Crippen MR) is 75.7 cm³/mol. The molecular formula is C14H19F2N3O2. The Morgan fingerprint density at radius 1 is 1.43 bits per heavy atom. The van der Waals surface area contributed by atoms with Gasteiger partial charge in [-0.3, -0.25) is 0 Å². The van der Waals surface area contributed by atoms with Crippen LogP contribution in [0.4, 0.5) is 20.3 Å². The Bertz CT molecular complexity index is 549. The maximum absolute atomic E-state index is 13.5. The number of halogens is 2. The Morgan fingerprint density at radius 2 is 2.14 bits per heavy atom. The van der Waals surface area contributed by atoms with Crippen molar-refractivity contribution < 1.29 is 18.3 Å². The van der Waals surface area contributed by atoms with Crippen LogP contribution in [-0.2, 0) is 4.74 Å². The number of methoxy groups -OCH3 is 1. The summed E-state index contributed by atoms with van der Waals surface area (Å²) in [4.78, 5) is 17.9. The monoisotopic (exact) mass is 299 g/mol. The van der Waals surface area contributed by atoms with Crippen molar-refractivity contribution in [1.29, 1.82) is 0 Å². The molecule has 1 aliphatic heterocycles. The summed E-state index contributed by atoms with van der Waals surface area (Å²) in [5.41, 5.74) is 6.96. The van der Waals surface area contributed by atoms with Gasteiger partial charge < -0.3 is 15.4 Å². The number of hydrogen-bond acceptors (Lipinski definition) is 5. The molecule has 2 rings (SSSR count). The number of carbonyl (C=O) groups is 1. The van der Waals surface area contributed by atoms with Gasteiger partial charge in [0.1, 0.15) is 11.4 Å². The smallest absolute Gasteiger partial charge is 0.341 e. The highest BCUT2D eigenvalue weighted by molar-refractivity contribution is 5.97. The molecule has 0 spiro atoms. The maximum atomic E-state index is 13.5. The van der Waals surface area contributed by atoms with Crippen molar-refractivity contribution in [2.45, 2.75) is 32.1 Å². The number of nitrogens with zero attached hydrogens (tertiary/aromatic N) is 2. The van der Waals surface area contributed by atoms with Gasteiger partial charge in [0, 0.05) is 25.9 Å². The molecule has 1 aromatic rings. The Labute approximate surface area is 122 Å². The van der Waals surface area contributed by atoms with Gasteiger partial charge in [0.2, 0.25) is 5.92 Å². The summed E-state index contributed by atoms with van der Waals surface area (Å²) in [7, 11) is 1.27. The number of ether oxygens (including phenoxy) is 1. The number of aromatic nitrogens is 1. The second kappa shape index (κ2) is 5.83. The van der Waals surface area contributed by atoms with Crippen LogP contribution in [0.3, 0.4) is 0 Å². The van der Waals surface area contributed by atoms with Gasteiger partial charge in [-0.2, -0.15) is 0 Å². The van der Waals surface area contributed by atoms with Crippen molar-refractivity contribution in [2.75, 3.05) is 30.8 Å². The Kier molecular flexibility index (Phi) is 4.29. The molecule has 1 fully saturated rings. The molecule has 2 heterocycles. The number of nitrogens with two attached hydrogens (primary N) is 1. The van der Waals surface area contributed by atoms with Gasteiger partial charge in [-0.05, 0) is 18.9 Å². The van der Waals surface area contributed by atoms with E-state index in [4.69, 9.17) is 10.5 Å². The van der Waals surface area contributed by atoms with Crippen molar-refractivity contribution in [3.05, 3.63) is 17.3 Å². The second-order valence-electron chi connectivity index (χ2n) is 5.23. The fourth-order valence-electron chi connectivity index (χ4n) is 2.47. The molecule has 0 aliphatic carbocycles. The molecule has 7 heteroatoms. The number of nitrogen functional groups attached to an aromatic ring is 1. The first-order valence-corrected chi connectivity index (χ1v) is 6.82. The van der Waals surface area contributed by atoms with Crippen LogP contribution in [0.2, 0.25) is 0 Å². The van der Waals surface area contributed by atoms with E-state index >= 15 is 0 Å². The van der Waals surface area contributed by atoms with Crippen LogP contribution < -0.4 is 10.6 Å². The topological polar surface area (TPSA) is 68.5 Å². The third-order valence-electron chi connectivity index (χ3n) is 3.76. The van der Waals surface area contributed by atoms with Crippen LogP contribution in [0.5, 0.6) is 0 Å². The zero-order chi connectivity index (χ0) is 15.6. The first-order valence-electron chi connectivity index (χ1n) is 6.82. The third-order valence-corrected chi connectivity index (χ3v) is 3.76. The Balaban J connectivity index is 2.39. The van der Waals surface area contributed by atoms with Crippen LogP contribution >= 0.6 is 0 Å². The molecule has 1 saturated heterocycles. The summed E-state index contributed by atoms with van der Waals surface area (Å²) in [6, 6.07) is 0. The molecular weight excluding hydrogens is 280 g/mol. The average Bonchev–Trinajstić information content (AvgIpc) is 2.62. The summed E-state index contributed by atoms with van der Waals surface area (Å²) in [6.45, 7) is 2.27. The molecule has 0 radical (unpaired) electrons. The molecule has 21 heavy (non-hydrogen) atoms. The molecule has 0 saturated carbocycles. The molecule has 0 aromatic carbocycles. The van der Waals surface area contributed by atoms with Crippen LogP contribution in [0.25, 0.3) is 0 Å². The number of anilines is 2. The number of alkyl halides is 2. The fraction of sp³-hybridized carbons (Fsp3) is 0.571. The van der Waals surface area contributed by atoms with Gasteiger partial charge in [0.25, 0.3) is 0 Å².